The fraction of sp³-hybridized carbons (Fsp3) is 0.400. The molecule has 1 atom stereocenters. The van der Waals surface area contributed by atoms with Gasteiger partial charge in [0, 0.05) is 19.3 Å². The maximum atomic E-state index is 13.2. The average Bonchev–Trinajstić information content (AvgIpc) is 2.69. The first-order valence-corrected chi connectivity index (χ1v) is 6.62. The van der Waals surface area contributed by atoms with E-state index in [1.807, 2.05) is 30.7 Å². The van der Waals surface area contributed by atoms with E-state index >= 15 is 0 Å². The summed E-state index contributed by atoms with van der Waals surface area (Å²) in [6.07, 6.45) is 1.95. The molecule has 0 aliphatic carbocycles. The number of nitrogens with one attached hydrogen (secondary N) is 1. The summed E-state index contributed by atoms with van der Waals surface area (Å²) in [5.74, 6) is 0.554. The van der Waals surface area contributed by atoms with Crippen LogP contribution in [0.2, 0.25) is 0 Å². The minimum absolute atomic E-state index is 0.160. The zero-order chi connectivity index (χ0) is 14.5. The minimum Gasteiger partial charge on any atom is -0.383 e. The first-order chi connectivity index (χ1) is 9.58. The monoisotopic (exact) mass is 277 g/mol. The van der Waals surface area contributed by atoms with Crippen molar-refractivity contribution in [3.63, 3.8) is 0 Å². The third-order valence-corrected chi connectivity index (χ3v) is 2.93. The Morgan fingerprint density at radius 1 is 1.45 bits per heavy atom. The molecule has 0 aliphatic rings. The molecular weight excluding hydrogens is 257 g/mol. The maximum Gasteiger partial charge on any atom is 0.203 e. The average molecular weight is 277 g/mol. The topological polar surface area (TPSA) is 39.1 Å². The van der Waals surface area contributed by atoms with Crippen LogP contribution >= 0.6 is 0 Å². The van der Waals surface area contributed by atoms with Gasteiger partial charge in [0.25, 0.3) is 0 Å². The lowest BCUT2D eigenvalue weighted by molar-refractivity contribution is 0.190. The van der Waals surface area contributed by atoms with Gasteiger partial charge in [-0.05, 0) is 31.5 Å². The smallest absolute Gasteiger partial charge is 0.203 e. The molecule has 0 aliphatic heterocycles. The Labute approximate surface area is 118 Å². The van der Waals surface area contributed by atoms with Crippen LogP contribution in [0.5, 0.6) is 0 Å². The van der Waals surface area contributed by atoms with E-state index < -0.39 is 0 Å². The highest BCUT2D eigenvalue weighted by Gasteiger charge is 2.09. The van der Waals surface area contributed by atoms with E-state index in [0.29, 0.717) is 13.2 Å². The van der Waals surface area contributed by atoms with Crippen LogP contribution in [0.25, 0.3) is 0 Å². The summed E-state index contributed by atoms with van der Waals surface area (Å²) in [5.41, 5.74) is 1.83. The van der Waals surface area contributed by atoms with Crippen LogP contribution in [0.15, 0.2) is 30.5 Å². The molecule has 1 aromatic heterocycles. The van der Waals surface area contributed by atoms with E-state index in [0.717, 1.165) is 17.2 Å². The van der Waals surface area contributed by atoms with Gasteiger partial charge in [0.1, 0.15) is 5.82 Å². The van der Waals surface area contributed by atoms with Gasteiger partial charge < -0.3 is 14.6 Å². The molecule has 20 heavy (non-hydrogen) atoms. The van der Waals surface area contributed by atoms with Crippen LogP contribution in [-0.2, 0) is 11.3 Å². The molecule has 1 heterocycles. The van der Waals surface area contributed by atoms with Gasteiger partial charge in [-0.15, -0.1) is 0 Å². The van der Waals surface area contributed by atoms with Gasteiger partial charge in [-0.1, -0.05) is 12.1 Å². The van der Waals surface area contributed by atoms with E-state index in [1.165, 1.54) is 12.1 Å². The Kier molecular flexibility index (Phi) is 4.74. The van der Waals surface area contributed by atoms with Gasteiger partial charge in [0.15, 0.2) is 0 Å². The van der Waals surface area contributed by atoms with Gasteiger partial charge >= 0.3 is 0 Å². The molecule has 0 radical (unpaired) electrons. The Morgan fingerprint density at radius 3 is 2.95 bits per heavy atom. The van der Waals surface area contributed by atoms with Crippen LogP contribution in [-0.4, -0.2) is 29.3 Å². The van der Waals surface area contributed by atoms with E-state index in [1.54, 1.807) is 13.2 Å². The van der Waals surface area contributed by atoms with E-state index in [9.17, 15) is 4.39 Å². The van der Waals surface area contributed by atoms with E-state index in [2.05, 4.69) is 10.3 Å². The SMILES string of the molecule is COCC(C)Nc1nc(C)cn1Cc1cccc(F)c1. The first-order valence-electron chi connectivity index (χ1n) is 6.62. The highest BCUT2D eigenvalue weighted by molar-refractivity contribution is 5.31. The van der Waals surface area contributed by atoms with Gasteiger partial charge in [-0.3, -0.25) is 0 Å². The quantitative estimate of drug-likeness (QED) is 0.882. The minimum atomic E-state index is -0.221. The molecule has 0 bridgehead atoms. The number of hydrogen-bond donors (Lipinski definition) is 1. The number of methoxy groups -OCH3 is 1. The number of imidazole rings is 1. The lowest BCUT2D eigenvalue weighted by Gasteiger charge is -2.15. The Morgan fingerprint density at radius 2 is 2.25 bits per heavy atom. The Hall–Kier alpha value is -1.88. The first kappa shape index (κ1) is 14.5. The van der Waals surface area contributed by atoms with Crippen molar-refractivity contribution >= 4 is 5.95 Å². The van der Waals surface area contributed by atoms with Gasteiger partial charge in [-0.2, -0.15) is 0 Å². The van der Waals surface area contributed by atoms with Crippen molar-refractivity contribution in [1.29, 1.82) is 0 Å². The molecule has 1 unspecified atom stereocenters. The summed E-state index contributed by atoms with van der Waals surface area (Å²) in [5, 5.41) is 3.30. The summed E-state index contributed by atoms with van der Waals surface area (Å²) >= 11 is 0. The number of benzene rings is 1. The molecule has 5 heteroatoms. The molecule has 1 aromatic carbocycles. The number of anilines is 1. The van der Waals surface area contributed by atoms with Crippen molar-refractivity contribution in [2.75, 3.05) is 19.0 Å². The third-order valence-electron chi connectivity index (χ3n) is 2.93. The third kappa shape index (κ3) is 3.81. The molecule has 0 spiro atoms. The van der Waals surface area contributed by atoms with E-state index in [4.69, 9.17) is 4.74 Å². The molecule has 2 rings (SSSR count). The molecule has 0 fully saturated rings. The number of nitrogens with zero attached hydrogens (tertiary/aromatic N) is 2. The molecule has 0 saturated carbocycles. The molecular formula is C15H20FN3O. The second kappa shape index (κ2) is 6.52. The highest BCUT2D eigenvalue weighted by atomic mass is 19.1. The van der Waals surface area contributed by atoms with Crippen LogP contribution in [0.4, 0.5) is 10.3 Å². The number of aryl methyl sites for hydroxylation is 1. The molecule has 2 aromatic rings. The van der Waals surface area contributed by atoms with Crippen molar-refractivity contribution in [1.82, 2.24) is 9.55 Å². The van der Waals surface area contributed by atoms with Crippen molar-refractivity contribution < 1.29 is 9.13 Å². The lowest BCUT2D eigenvalue weighted by atomic mass is 10.2. The van der Waals surface area contributed by atoms with Crippen molar-refractivity contribution in [3.05, 3.63) is 47.5 Å². The predicted octanol–water partition coefficient (Wildman–Crippen LogP) is 2.83. The summed E-state index contributed by atoms with van der Waals surface area (Å²) in [4.78, 5) is 4.45. The van der Waals surface area contributed by atoms with Crippen LogP contribution in [0, 0.1) is 12.7 Å². The fourth-order valence-corrected chi connectivity index (χ4v) is 2.13. The van der Waals surface area contributed by atoms with Crippen LogP contribution in [0.3, 0.4) is 0 Å². The van der Waals surface area contributed by atoms with Gasteiger partial charge in [-0.25, -0.2) is 9.37 Å². The lowest BCUT2D eigenvalue weighted by Crippen LogP contribution is -2.23. The largest absolute Gasteiger partial charge is 0.383 e. The summed E-state index contributed by atoms with van der Waals surface area (Å²) in [7, 11) is 1.67. The van der Waals surface area contributed by atoms with Crippen LogP contribution in [0.1, 0.15) is 18.2 Å². The summed E-state index contributed by atoms with van der Waals surface area (Å²) in [6.45, 7) is 5.15. The number of ether oxygens (including phenoxy) is 1. The van der Waals surface area contributed by atoms with E-state index in [-0.39, 0.29) is 11.9 Å². The highest BCUT2D eigenvalue weighted by Crippen LogP contribution is 2.14. The second-order valence-electron chi connectivity index (χ2n) is 4.96. The van der Waals surface area contributed by atoms with Crippen LogP contribution < -0.4 is 5.32 Å². The normalized spacial score (nSPS) is 12.4. The Balaban J connectivity index is 2.15. The molecule has 0 amide bonds. The fourth-order valence-electron chi connectivity index (χ4n) is 2.13. The molecule has 1 N–H and O–H groups in total. The number of hydrogen-bond acceptors (Lipinski definition) is 3. The van der Waals surface area contributed by atoms with Gasteiger partial charge in [0.2, 0.25) is 5.95 Å². The summed E-state index contributed by atoms with van der Waals surface area (Å²) in [6, 6.07) is 6.77. The van der Waals surface area contributed by atoms with Gasteiger partial charge in [0.05, 0.1) is 18.8 Å². The van der Waals surface area contributed by atoms with Crippen molar-refractivity contribution in [2.45, 2.75) is 26.4 Å². The summed E-state index contributed by atoms with van der Waals surface area (Å²) < 4.78 is 20.3. The van der Waals surface area contributed by atoms with Crippen molar-refractivity contribution in [2.24, 2.45) is 0 Å². The number of aromatic nitrogens is 2. The standard InChI is InChI=1S/C15H20FN3O/c1-11-8-19(9-13-5-4-6-14(16)7-13)15(17-11)18-12(2)10-20-3/h4-8,12H,9-10H2,1-3H3,(H,17,18). The van der Waals surface area contributed by atoms with Crippen molar-refractivity contribution in [3.8, 4) is 0 Å². The molecule has 108 valence electrons. The number of rotatable bonds is 6. The zero-order valence-corrected chi connectivity index (χ0v) is 12.1. The Bertz CT molecular complexity index is 568. The molecule has 4 nitrogen and oxygen atoms in total. The second-order valence-corrected chi connectivity index (χ2v) is 4.96. The molecule has 0 saturated heterocycles. The predicted molar refractivity (Wildman–Crippen MR) is 77.4 cm³/mol. The zero-order valence-electron chi connectivity index (χ0n) is 12.1. The maximum absolute atomic E-state index is 13.2. The number of halogens is 1.